The fourth-order valence-electron chi connectivity index (χ4n) is 2.08. The van der Waals surface area contributed by atoms with Gasteiger partial charge in [0.1, 0.15) is 0 Å². The first-order chi connectivity index (χ1) is 9.46. The van der Waals surface area contributed by atoms with Crippen LogP contribution in [0.1, 0.15) is 12.0 Å². The van der Waals surface area contributed by atoms with Crippen molar-refractivity contribution >= 4 is 24.1 Å². The number of rotatable bonds is 6. The fourth-order valence-corrected chi connectivity index (χ4v) is 3.45. The van der Waals surface area contributed by atoms with Gasteiger partial charge in [-0.2, -0.15) is 0 Å². The second-order valence-electron chi connectivity index (χ2n) is 4.87. The maximum absolute atomic E-state index is 11.8. The third kappa shape index (κ3) is 4.19. The summed E-state index contributed by atoms with van der Waals surface area (Å²) in [6, 6.07) is 13.9. The first kappa shape index (κ1) is 14.8. The molecule has 0 aromatic heterocycles. The number of benzene rings is 2. The van der Waals surface area contributed by atoms with Crippen LogP contribution in [0.25, 0.3) is 10.8 Å². The monoisotopic (exact) mass is 292 g/mol. The predicted octanol–water partition coefficient (Wildman–Crippen LogP) is 3.13. The molecule has 1 atom stereocenters. The van der Waals surface area contributed by atoms with Crippen molar-refractivity contribution in [1.29, 1.82) is 0 Å². The van der Waals surface area contributed by atoms with Crippen LogP contribution in [0.15, 0.2) is 42.5 Å². The van der Waals surface area contributed by atoms with Gasteiger partial charge in [0, 0.05) is 12.3 Å². The molecule has 0 aliphatic carbocycles. The van der Waals surface area contributed by atoms with Gasteiger partial charge in [0.2, 0.25) is 7.37 Å². The Hall–Kier alpha value is -1.64. The highest BCUT2D eigenvalue weighted by molar-refractivity contribution is 7.58. The molecule has 0 spiro atoms. The number of carboxylic acids is 1. The number of fused-ring (bicyclic) bond motifs is 1. The normalized spacial score (nSPS) is 14.1. The van der Waals surface area contributed by atoms with E-state index >= 15 is 0 Å². The first-order valence-electron chi connectivity index (χ1n) is 6.47. The third-order valence-electron chi connectivity index (χ3n) is 3.24. The minimum Gasteiger partial charge on any atom is -0.481 e. The molecule has 0 saturated carbocycles. The van der Waals surface area contributed by atoms with Crippen molar-refractivity contribution in [2.45, 2.75) is 12.8 Å². The lowest BCUT2D eigenvalue weighted by atomic mass is 10.1. The van der Waals surface area contributed by atoms with Gasteiger partial charge in [-0.1, -0.05) is 42.5 Å². The molecule has 0 radical (unpaired) electrons. The molecule has 2 aromatic carbocycles. The summed E-state index contributed by atoms with van der Waals surface area (Å²) in [6.45, 7) is 0. The van der Waals surface area contributed by atoms with E-state index in [0.29, 0.717) is 6.42 Å². The first-order valence-corrected chi connectivity index (χ1v) is 8.50. The van der Waals surface area contributed by atoms with E-state index in [2.05, 4.69) is 0 Å². The van der Waals surface area contributed by atoms with Gasteiger partial charge in [-0.25, -0.2) is 0 Å². The maximum Gasteiger partial charge on any atom is 0.303 e. The summed E-state index contributed by atoms with van der Waals surface area (Å²) in [7, 11) is -3.35. The van der Waals surface area contributed by atoms with Crippen LogP contribution in [-0.4, -0.2) is 28.3 Å². The van der Waals surface area contributed by atoms with Crippen LogP contribution in [0.4, 0.5) is 0 Å². The molecule has 5 heteroatoms. The van der Waals surface area contributed by atoms with Crippen LogP contribution in [0.3, 0.4) is 0 Å². The highest BCUT2D eigenvalue weighted by Gasteiger charge is 2.19. The van der Waals surface area contributed by atoms with E-state index in [1.165, 1.54) is 0 Å². The molecule has 20 heavy (non-hydrogen) atoms. The number of aliphatic carboxylic acids is 1. The zero-order valence-electron chi connectivity index (χ0n) is 11.0. The fraction of sp³-hybridized carbons (Fsp3) is 0.267. The van der Waals surface area contributed by atoms with Crippen molar-refractivity contribution < 1.29 is 19.4 Å². The largest absolute Gasteiger partial charge is 0.481 e. The van der Waals surface area contributed by atoms with E-state index in [0.717, 1.165) is 16.3 Å². The molecule has 2 rings (SSSR count). The van der Waals surface area contributed by atoms with Crippen LogP contribution >= 0.6 is 7.37 Å². The van der Waals surface area contributed by atoms with E-state index in [1.807, 2.05) is 42.5 Å². The number of hydrogen-bond donors (Lipinski definition) is 2. The minimum atomic E-state index is -3.35. The molecule has 2 N–H and O–H groups in total. The van der Waals surface area contributed by atoms with E-state index in [-0.39, 0.29) is 18.7 Å². The van der Waals surface area contributed by atoms with Crippen molar-refractivity contribution in [3.8, 4) is 0 Å². The average Bonchev–Trinajstić information content (AvgIpc) is 2.43. The molecule has 0 amide bonds. The van der Waals surface area contributed by atoms with E-state index in [9.17, 15) is 14.3 Å². The molecule has 0 aliphatic rings. The van der Waals surface area contributed by atoms with Gasteiger partial charge >= 0.3 is 5.97 Å². The van der Waals surface area contributed by atoms with Gasteiger partial charge in [0.15, 0.2) is 0 Å². The van der Waals surface area contributed by atoms with Crippen LogP contribution in [0, 0.1) is 0 Å². The van der Waals surface area contributed by atoms with Gasteiger partial charge in [0.25, 0.3) is 0 Å². The lowest BCUT2D eigenvalue weighted by Crippen LogP contribution is -2.03. The molecule has 0 aliphatic heterocycles. The van der Waals surface area contributed by atoms with Crippen molar-refractivity contribution in [1.82, 2.24) is 0 Å². The quantitative estimate of drug-likeness (QED) is 0.802. The molecule has 0 bridgehead atoms. The molecule has 106 valence electrons. The molecule has 0 heterocycles. The Morgan fingerprint density at radius 1 is 1.05 bits per heavy atom. The third-order valence-corrected chi connectivity index (χ3v) is 5.08. The minimum absolute atomic E-state index is 0.124. The summed E-state index contributed by atoms with van der Waals surface area (Å²) in [5, 5.41) is 10.8. The van der Waals surface area contributed by atoms with E-state index in [1.54, 1.807) is 0 Å². The van der Waals surface area contributed by atoms with Gasteiger partial charge in [-0.3, -0.25) is 9.36 Å². The summed E-state index contributed by atoms with van der Waals surface area (Å²) in [6.07, 6.45) is 0.193. The van der Waals surface area contributed by atoms with Crippen molar-refractivity contribution in [2.24, 2.45) is 0 Å². The highest BCUT2D eigenvalue weighted by Crippen LogP contribution is 2.41. The van der Waals surface area contributed by atoms with E-state index < -0.39 is 13.3 Å². The molecule has 0 saturated heterocycles. The summed E-state index contributed by atoms with van der Waals surface area (Å²) in [4.78, 5) is 20.2. The Balaban J connectivity index is 2.01. The summed E-state index contributed by atoms with van der Waals surface area (Å²) in [5.74, 6) is -1.04. The average molecular weight is 292 g/mol. The van der Waals surface area contributed by atoms with Crippen molar-refractivity contribution in [3.63, 3.8) is 0 Å². The van der Waals surface area contributed by atoms with Crippen LogP contribution < -0.4 is 0 Å². The molecular weight excluding hydrogens is 275 g/mol. The number of hydrogen-bond acceptors (Lipinski definition) is 2. The molecule has 2 aromatic rings. The van der Waals surface area contributed by atoms with Gasteiger partial charge in [-0.15, -0.1) is 0 Å². The zero-order chi connectivity index (χ0) is 14.6. The standard InChI is InChI=1S/C15H17O4P/c16-15(17)8-10-20(18,19)9-7-12-5-6-13-3-1-2-4-14(13)11-12/h1-6,11H,7-10H2,(H,16,17)(H,18,19). The Bertz CT molecular complexity index is 666. The smallest absolute Gasteiger partial charge is 0.303 e. The van der Waals surface area contributed by atoms with Gasteiger partial charge in [0.05, 0.1) is 6.42 Å². The highest BCUT2D eigenvalue weighted by atomic mass is 31.2. The van der Waals surface area contributed by atoms with Crippen molar-refractivity contribution in [2.75, 3.05) is 12.3 Å². The molecule has 4 nitrogen and oxygen atoms in total. The Kier molecular flexibility index (Phi) is 4.58. The Labute approximate surface area is 117 Å². The lowest BCUT2D eigenvalue weighted by molar-refractivity contribution is -0.136. The predicted molar refractivity (Wildman–Crippen MR) is 79.5 cm³/mol. The maximum atomic E-state index is 11.8. The number of carboxylic acid groups (broad SMARTS) is 1. The molecule has 1 unspecified atom stereocenters. The van der Waals surface area contributed by atoms with Gasteiger partial charge in [-0.05, 0) is 22.8 Å². The lowest BCUT2D eigenvalue weighted by Gasteiger charge is -2.10. The molecular formula is C15H17O4P. The Morgan fingerprint density at radius 3 is 2.45 bits per heavy atom. The van der Waals surface area contributed by atoms with Gasteiger partial charge < -0.3 is 10.00 Å². The van der Waals surface area contributed by atoms with E-state index in [4.69, 9.17) is 5.11 Å². The molecule has 0 fully saturated rings. The van der Waals surface area contributed by atoms with Crippen LogP contribution in [0.5, 0.6) is 0 Å². The van der Waals surface area contributed by atoms with Crippen LogP contribution in [-0.2, 0) is 15.8 Å². The van der Waals surface area contributed by atoms with Crippen molar-refractivity contribution in [3.05, 3.63) is 48.0 Å². The second-order valence-corrected chi connectivity index (χ2v) is 7.46. The van der Waals surface area contributed by atoms with Crippen LogP contribution in [0.2, 0.25) is 0 Å². The zero-order valence-corrected chi connectivity index (χ0v) is 11.9. The SMILES string of the molecule is O=C(O)CCP(=O)(O)CCc1ccc2ccccc2c1. The number of aryl methyl sites for hydroxylation is 1. The summed E-state index contributed by atoms with van der Waals surface area (Å²) >= 11 is 0. The second kappa shape index (κ2) is 6.21. The topological polar surface area (TPSA) is 74.6 Å². The Morgan fingerprint density at radius 2 is 1.75 bits per heavy atom. The summed E-state index contributed by atoms with van der Waals surface area (Å²) < 4.78 is 11.8. The number of carbonyl (C=O) groups is 1. The summed E-state index contributed by atoms with van der Waals surface area (Å²) in [5.41, 5.74) is 0.994.